The van der Waals surface area contributed by atoms with Crippen molar-refractivity contribution < 1.29 is 18.7 Å². The molecule has 0 aliphatic carbocycles. The second kappa shape index (κ2) is 9.00. The normalized spacial score (nSPS) is 16.1. The lowest BCUT2D eigenvalue weighted by Gasteiger charge is -2.33. The van der Waals surface area contributed by atoms with Crippen LogP contribution in [0.5, 0.6) is 5.75 Å². The van der Waals surface area contributed by atoms with E-state index in [0.717, 1.165) is 33.5 Å². The minimum Gasteiger partial charge on any atom is -0.497 e. The van der Waals surface area contributed by atoms with Gasteiger partial charge >= 0.3 is 0 Å². The minimum atomic E-state index is -0.295. The van der Waals surface area contributed by atoms with E-state index in [1.165, 1.54) is 12.1 Å². The number of morpholine rings is 1. The summed E-state index contributed by atoms with van der Waals surface area (Å²) in [7, 11) is 1.63. The predicted octanol–water partition coefficient (Wildman–Crippen LogP) is 5.26. The molecule has 0 spiro atoms. The van der Waals surface area contributed by atoms with Crippen molar-refractivity contribution in [3.05, 3.63) is 95.8 Å². The van der Waals surface area contributed by atoms with Crippen LogP contribution in [0.25, 0.3) is 22.2 Å². The Morgan fingerprint density at radius 2 is 1.82 bits per heavy atom. The molecular weight excluding hydrogens is 419 g/mol. The van der Waals surface area contributed by atoms with Crippen molar-refractivity contribution in [1.29, 1.82) is 0 Å². The van der Waals surface area contributed by atoms with Crippen molar-refractivity contribution in [1.82, 2.24) is 9.88 Å². The summed E-state index contributed by atoms with van der Waals surface area (Å²) in [6, 6.07) is 23.4. The quantitative estimate of drug-likeness (QED) is 0.432. The largest absolute Gasteiger partial charge is 0.497 e. The van der Waals surface area contributed by atoms with Gasteiger partial charge in [0.1, 0.15) is 17.7 Å². The van der Waals surface area contributed by atoms with Gasteiger partial charge in [-0.25, -0.2) is 9.37 Å². The Morgan fingerprint density at radius 1 is 1.06 bits per heavy atom. The second-order valence-electron chi connectivity index (χ2n) is 7.96. The number of amides is 1. The number of aromatic nitrogens is 1. The van der Waals surface area contributed by atoms with Crippen LogP contribution < -0.4 is 4.74 Å². The standard InChI is InChI=1S/C27H23FN2O3/c1-32-21-12-8-18(9-13-21)25-16-23(22-4-2-3-5-24(22)29-25)27(31)30-14-15-33-26(17-30)19-6-10-20(28)11-7-19/h2-13,16,26H,14-15,17H2,1H3. The summed E-state index contributed by atoms with van der Waals surface area (Å²) in [4.78, 5) is 20.3. The van der Waals surface area contributed by atoms with Crippen LogP contribution in [-0.4, -0.2) is 42.6 Å². The molecule has 33 heavy (non-hydrogen) atoms. The zero-order chi connectivity index (χ0) is 22.8. The summed E-state index contributed by atoms with van der Waals surface area (Å²) in [6.07, 6.45) is -0.294. The van der Waals surface area contributed by atoms with E-state index in [1.54, 1.807) is 24.1 Å². The van der Waals surface area contributed by atoms with Gasteiger partial charge in [0.25, 0.3) is 5.91 Å². The highest BCUT2D eigenvalue weighted by Gasteiger charge is 2.27. The van der Waals surface area contributed by atoms with Crippen molar-refractivity contribution >= 4 is 16.8 Å². The first-order chi connectivity index (χ1) is 16.1. The van der Waals surface area contributed by atoms with E-state index in [4.69, 9.17) is 14.5 Å². The maximum Gasteiger partial charge on any atom is 0.254 e. The number of benzene rings is 3. The molecule has 1 aromatic heterocycles. The third-order valence-electron chi connectivity index (χ3n) is 5.93. The van der Waals surface area contributed by atoms with Crippen LogP contribution in [-0.2, 0) is 4.74 Å². The van der Waals surface area contributed by atoms with Gasteiger partial charge in [-0.3, -0.25) is 4.79 Å². The van der Waals surface area contributed by atoms with E-state index in [2.05, 4.69) is 0 Å². The molecule has 6 heteroatoms. The number of carbonyl (C=O) groups is 1. The van der Waals surface area contributed by atoms with Crippen molar-refractivity contribution in [2.24, 2.45) is 0 Å². The zero-order valence-electron chi connectivity index (χ0n) is 18.2. The average Bonchev–Trinajstić information content (AvgIpc) is 2.88. The average molecular weight is 442 g/mol. The minimum absolute atomic E-state index is 0.0706. The molecule has 1 unspecified atom stereocenters. The van der Waals surface area contributed by atoms with Crippen LogP contribution in [0.15, 0.2) is 78.9 Å². The number of halogens is 1. The van der Waals surface area contributed by atoms with E-state index >= 15 is 0 Å². The zero-order valence-corrected chi connectivity index (χ0v) is 18.2. The SMILES string of the molecule is COc1ccc(-c2cc(C(=O)N3CCOC(c4ccc(F)cc4)C3)c3ccccc3n2)cc1. The van der Waals surface area contributed by atoms with E-state index < -0.39 is 0 Å². The fourth-order valence-electron chi connectivity index (χ4n) is 4.15. The molecule has 1 amide bonds. The predicted molar refractivity (Wildman–Crippen MR) is 125 cm³/mol. The van der Waals surface area contributed by atoms with Crippen molar-refractivity contribution in [2.45, 2.75) is 6.10 Å². The number of hydrogen-bond acceptors (Lipinski definition) is 4. The number of ether oxygens (including phenoxy) is 2. The lowest BCUT2D eigenvalue weighted by atomic mass is 10.0. The topological polar surface area (TPSA) is 51.7 Å². The Morgan fingerprint density at radius 3 is 2.58 bits per heavy atom. The Kier molecular flexibility index (Phi) is 5.75. The van der Waals surface area contributed by atoms with Crippen molar-refractivity contribution in [2.75, 3.05) is 26.8 Å². The number of fused-ring (bicyclic) bond motifs is 1. The molecule has 5 nitrogen and oxygen atoms in total. The lowest BCUT2D eigenvalue weighted by Crippen LogP contribution is -2.42. The number of nitrogens with zero attached hydrogens (tertiary/aromatic N) is 2. The summed E-state index contributed by atoms with van der Waals surface area (Å²) < 4.78 is 24.5. The first kappa shape index (κ1) is 21.1. The molecule has 2 heterocycles. The summed E-state index contributed by atoms with van der Waals surface area (Å²) in [6.45, 7) is 1.31. The smallest absolute Gasteiger partial charge is 0.254 e. The van der Waals surface area contributed by atoms with Gasteiger partial charge < -0.3 is 14.4 Å². The molecular formula is C27H23FN2O3. The number of rotatable bonds is 4. The fraction of sp³-hybridized carbons (Fsp3) is 0.185. The monoisotopic (exact) mass is 442 g/mol. The third-order valence-corrected chi connectivity index (χ3v) is 5.93. The molecule has 3 aromatic carbocycles. The number of methoxy groups -OCH3 is 1. The van der Waals surface area contributed by atoms with E-state index in [0.29, 0.717) is 25.3 Å². The maximum absolute atomic E-state index is 13.7. The van der Waals surface area contributed by atoms with Gasteiger partial charge in [-0.2, -0.15) is 0 Å². The van der Waals surface area contributed by atoms with Gasteiger partial charge in [-0.15, -0.1) is 0 Å². The molecule has 1 atom stereocenters. The van der Waals surface area contributed by atoms with Crippen LogP contribution in [0.4, 0.5) is 4.39 Å². The molecule has 4 aromatic rings. The van der Waals surface area contributed by atoms with Gasteiger partial charge in [-0.1, -0.05) is 30.3 Å². The van der Waals surface area contributed by atoms with Crippen LogP contribution in [0.3, 0.4) is 0 Å². The van der Waals surface area contributed by atoms with Gasteiger partial charge in [0.05, 0.1) is 37.0 Å². The first-order valence-corrected chi connectivity index (χ1v) is 10.8. The Labute approximate surface area is 191 Å². The molecule has 1 aliphatic rings. The highest BCUT2D eigenvalue weighted by atomic mass is 19.1. The molecule has 1 saturated heterocycles. The summed E-state index contributed by atoms with van der Waals surface area (Å²) >= 11 is 0. The number of para-hydroxylation sites is 1. The Bertz CT molecular complexity index is 1290. The van der Waals surface area contributed by atoms with Crippen molar-refractivity contribution in [3.8, 4) is 17.0 Å². The van der Waals surface area contributed by atoms with Crippen molar-refractivity contribution in [3.63, 3.8) is 0 Å². The third kappa shape index (κ3) is 4.30. The molecule has 0 radical (unpaired) electrons. The number of pyridine rings is 1. The van der Waals surface area contributed by atoms with E-state index in [-0.39, 0.29) is 17.8 Å². The molecule has 1 fully saturated rings. The van der Waals surface area contributed by atoms with Gasteiger partial charge in [0.15, 0.2) is 0 Å². The first-order valence-electron chi connectivity index (χ1n) is 10.8. The van der Waals surface area contributed by atoms with Crippen LogP contribution in [0.1, 0.15) is 22.0 Å². The molecule has 0 saturated carbocycles. The van der Waals surface area contributed by atoms with Crippen LogP contribution in [0, 0.1) is 5.82 Å². The highest BCUT2D eigenvalue weighted by molar-refractivity contribution is 6.07. The Balaban J connectivity index is 1.50. The van der Waals surface area contributed by atoms with Gasteiger partial charge in [0.2, 0.25) is 0 Å². The van der Waals surface area contributed by atoms with E-state index in [9.17, 15) is 9.18 Å². The fourth-order valence-corrected chi connectivity index (χ4v) is 4.15. The molecule has 166 valence electrons. The summed E-state index contributed by atoms with van der Waals surface area (Å²) in [5, 5.41) is 0.810. The lowest BCUT2D eigenvalue weighted by molar-refractivity contribution is -0.0227. The number of carbonyl (C=O) groups excluding carboxylic acids is 1. The Hall–Kier alpha value is -3.77. The van der Waals surface area contributed by atoms with Crippen LogP contribution in [0.2, 0.25) is 0 Å². The molecule has 1 aliphatic heterocycles. The molecule has 0 N–H and O–H groups in total. The summed E-state index contributed by atoms with van der Waals surface area (Å²) in [5.74, 6) is 0.395. The molecule has 0 bridgehead atoms. The second-order valence-corrected chi connectivity index (χ2v) is 7.96. The van der Waals surface area contributed by atoms with Gasteiger partial charge in [-0.05, 0) is 54.1 Å². The van der Waals surface area contributed by atoms with Crippen LogP contribution >= 0.6 is 0 Å². The highest BCUT2D eigenvalue weighted by Crippen LogP contribution is 2.29. The maximum atomic E-state index is 13.7. The number of hydrogen-bond donors (Lipinski definition) is 0. The summed E-state index contributed by atoms with van der Waals surface area (Å²) in [5.41, 5.74) is 3.85. The molecule has 5 rings (SSSR count). The van der Waals surface area contributed by atoms with Gasteiger partial charge in [0, 0.05) is 17.5 Å². The van der Waals surface area contributed by atoms with E-state index in [1.807, 2.05) is 54.6 Å².